The molecule has 0 radical (unpaired) electrons. The Labute approximate surface area is 341 Å². The predicted molar refractivity (Wildman–Crippen MR) is 211 cm³/mol. The van der Waals surface area contributed by atoms with Crippen LogP contribution >= 0.6 is 11.6 Å². The van der Waals surface area contributed by atoms with Crippen LogP contribution in [0.25, 0.3) is 0 Å². The van der Waals surface area contributed by atoms with Gasteiger partial charge in [-0.05, 0) is 89.0 Å². The molecule has 4 fully saturated rings. The van der Waals surface area contributed by atoms with E-state index in [4.69, 9.17) is 16.3 Å². The third-order valence-electron chi connectivity index (χ3n) is 11.4. The molecule has 0 bridgehead atoms. The zero-order valence-corrected chi connectivity index (χ0v) is 33.9. The first kappa shape index (κ1) is 42.4. The van der Waals surface area contributed by atoms with E-state index in [1.54, 1.807) is 19.1 Å². The van der Waals surface area contributed by atoms with Crippen LogP contribution < -0.4 is 21.3 Å². The van der Waals surface area contributed by atoms with Crippen molar-refractivity contribution in [3.05, 3.63) is 64.4 Å². The van der Waals surface area contributed by atoms with Gasteiger partial charge < -0.3 is 40.7 Å². The van der Waals surface area contributed by atoms with E-state index in [-0.39, 0.29) is 49.1 Å². The number of amides is 7. The van der Waals surface area contributed by atoms with Gasteiger partial charge in [-0.3, -0.25) is 24.0 Å². The number of nitrogens with zero attached hydrogens (tertiary/aromatic N) is 3. The van der Waals surface area contributed by atoms with Crippen LogP contribution in [0.5, 0.6) is 0 Å². The van der Waals surface area contributed by atoms with Gasteiger partial charge in [-0.2, -0.15) is 0 Å². The Morgan fingerprint density at radius 2 is 1.62 bits per heavy atom. The maximum absolute atomic E-state index is 14.7. The highest BCUT2D eigenvalue weighted by molar-refractivity contribution is 6.30. The lowest BCUT2D eigenvalue weighted by molar-refractivity contribution is -0.163. The summed E-state index contributed by atoms with van der Waals surface area (Å²) in [6.07, 6.45) is 1.43. The van der Waals surface area contributed by atoms with Gasteiger partial charge in [0.15, 0.2) is 0 Å². The van der Waals surface area contributed by atoms with Gasteiger partial charge in [-0.1, -0.05) is 48.4 Å². The number of hydrogen-bond donors (Lipinski definition) is 4. The number of halogens is 2. The largest absolute Gasteiger partial charge is 0.458 e. The van der Waals surface area contributed by atoms with Crippen LogP contribution in [0.2, 0.25) is 5.02 Å². The quantitative estimate of drug-likeness (QED) is 0.320. The smallest absolute Gasteiger partial charge is 0.329 e. The van der Waals surface area contributed by atoms with Crippen molar-refractivity contribution in [2.24, 2.45) is 5.92 Å². The average Bonchev–Trinajstić information content (AvgIpc) is 3.84. The number of carbonyl (C=O) groups excluding carboxylic acids is 7. The number of esters is 1. The maximum atomic E-state index is 14.7. The molecule has 17 heteroatoms. The Bertz CT molecular complexity index is 1950. The number of aryl methyl sites for hydroxylation is 1. The highest BCUT2D eigenvalue weighted by Gasteiger charge is 2.47. The zero-order chi connectivity index (χ0) is 41.8. The van der Waals surface area contributed by atoms with E-state index in [2.05, 4.69) is 21.3 Å². The molecule has 4 N–H and O–H groups in total. The fourth-order valence-corrected chi connectivity index (χ4v) is 8.52. The molecule has 0 spiro atoms. The summed E-state index contributed by atoms with van der Waals surface area (Å²) in [5.41, 5.74) is 1.65. The van der Waals surface area contributed by atoms with E-state index in [1.807, 2.05) is 26.0 Å². The van der Waals surface area contributed by atoms with Crippen molar-refractivity contribution in [3.63, 3.8) is 0 Å². The van der Waals surface area contributed by atoms with E-state index in [1.165, 1.54) is 33.8 Å². The third kappa shape index (κ3) is 9.54. The van der Waals surface area contributed by atoms with Gasteiger partial charge in [0, 0.05) is 31.7 Å². The molecule has 15 nitrogen and oxygen atoms in total. The highest BCUT2D eigenvalue weighted by atomic mass is 35.5. The molecule has 4 saturated heterocycles. The summed E-state index contributed by atoms with van der Waals surface area (Å²) in [5.74, 6) is -4.52. The molecule has 0 unspecified atom stereocenters. The first-order valence-corrected chi connectivity index (χ1v) is 20.3. The Hall–Kier alpha value is -5.25. The van der Waals surface area contributed by atoms with Crippen molar-refractivity contribution in [1.82, 2.24) is 30.7 Å². The summed E-state index contributed by atoms with van der Waals surface area (Å²) in [7, 11) is 0. The first-order valence-electron chi connectivity index (χ1n) is 19.9. The molecule has 4 aliphatic rings. The number of piperidine rings is 1. The van der Waals surface area contributed by atoms with Crippen LogP contribution in [0.1, 0.15) is 70.4 Å². The average molecular weight is 824 g/mol. The predicted octanol–water partition coefficient (Wildman–Crippen LogP) is 3.06. The van der Waals surface area contributed by atoms with Crippen molar-refractivity contribution >= 4 is 58.8 Å². The number of carbonyl (C=O) groups is 7. The lowest BCUT2D eigenvalue weighted by Crippen LogP contribution is -2.63. The second kappa shape index (κ2) is 18.1. The number of ether oxygens (including phenoxy) is 1. The van der Waals surface area contributed by atoms with Crippen LogP contribution in [0, 0.1) is 18.7 Å². The molecule has 312 valence electrons. The number of fused-ring (bicyclic) bond motifs is 3. The van der Waals surface area contributed by atoms with Crippen molar-refractivity contribution in [1.29, 1.82) is 0 Å². The van der Waals surface area contributed by atoms with Crippen LogP contribution in [-0.2, 0) is 39.9 Å². The summed E-state index contributed by atoms with van der Waals surface area (Å²) < 4.78 is 20.1. The second-order valence-electron chi connectivity index (χ2n) is 15.9. The summed E-state index contributed by atoms with van der Waals surface area (Å²) in [6, 6.07) is 3.43. The number of nitrogens with one attached hydrogen (secondary N) is 4. The van der Waals surface area contributed by atoms with Crippen LogP contribution in [0.15, 0.2) is 42.5 Å². The molecule has 0 aromatic heterocycles. The Balaban J connectivity index is 1.33. The zero-order valence-electron chi connectivity index (χ0n) is 33.1. The van der Waals surface area contributed by atoms with Gasteiger partial charge in [-0.25, -0.2) is 14.0 Å². The minimum atomic E-state index is -1.53. The maximum Gasteiger partial charge on any atom is 0.329 e. The van der Waals surface area contributed by atoms with Crippen LogP contribution in [0.3, 0.4) is 0 Å². The molecule has 4 aliphatic heterocycles. The minimum Gasteiger partial charge on any atom is -0.458 e. The Morgan fingerprint density at radius 3 is 2.36 bits per heavy atom. The second-order valence-corrected chi connectivity index (χ2v) is 16.3. The van der Waals surface area contributed by atoms with Crippen LogP contribution in [-0.4, -0.2) is 118 Å². The molecule has 0 saturated carbocycles. The van der Waals surface area contributed by atoms with E-state index < -0.39 is 89.7 Å². The third-order valence-corrected chi connectivity index (χ3v) is 11.7. The summed E-state index contributed by atoms with van der Waals surface area (Å²) >= 11 is 5.81. The van der Waals surface area contributed by atoms with Gasteiger partial charge in [0.05, 0.1) is 5.02 Å². The molecule has 4 heterocycles. The highest BCUT2D eigenvalue weighted by Crippen LogP contribution is 2.29. The molecule has 7 amide bonds. The number of hydrogen-bond acceptors (Lipinski definition) is 8. The Morgan fingerprint density at radius 1 is 0.897 bits per heavy atom. The lowest BCUT2D eigenvalue weighted by Gasteiger charge is -2.39. The van der Waals surface area contributed by atoms with Crippen molar-refractivity contribution in [2.45, 2.75) is 115 Å². The molecule has 0 aliphatic carbocycles. The van der Waals surface area contributed by atoms with Gasteiger partial charge >= 0.3 is 12.0 Å². The van der Waals surface area contributed by atoms with E-state index in [0.29, 0.717) is 37.7 Å². The topological polar surface area (TPSA) is 187 Å². The molecule has 2 aromatic carbocycles. The number of urea groups is 1. The lowest BCUT2D eigenvalue weighted by atomic mass is 9.99. The van der Waals surface area contributed by atoms with E-state index in [0.717, 1.165) is 11.6 Å². The number of cyclic esters (lactones) is 1. The molecule has 6 rings (SSSR count). The van der Waals surface area contributed by atoms with Gasteiger partial charge in [0.2, 0.25) is 29.5 Å². The number of rotatable bonds is 6. The summed E-state index contributed by atoms with van der Waals surface area (Å²) in [4.78, 5) is 102. The molecular formula is C41H51ClFN7O8. The SMILES string of the molecule is Cc1cccc(C[C@H](NC(=O)Nc2ccc(Cl)c(F)c2)C(=O)N[C@@H]2C(=O)N3CCC[C@H]3C(=O)N3CCCC[C@H]3C(=O)N[C@@H](C)C(=O)N3C[C@H](C)C[C@H]3C(=O)O[C@H]2C)c1. The van der Waals surface area contributed by atoms with E-state index >= 15 is 0 Å². The summed E-state index contributed by atoms with van der Waals surface area (Å²) in [6.45, 7) is 7.43. The minimum absolute atomic E-state index is 0.0244. The van der Waals surface area contributed by atoms with Gasteiger partial charge in [0.25, 0.3) is 0 Å². The van der Waals surface area contributed by atoms with Crippen molar-refractivity contribution in [3.8, 4) is 0 Å². The molecular weight excluding hydrogens is 773 g/mol. The van der Waals surface area contributed by atoms with Crippen LogP contribution in [0.4, 0.5) is 14.9 Å². The first-order chi connectivity index (χ1) is 27.6. The molecule has 2 aromatic rings. The fourth-order valence-electron chi connectivity index (χ4n) is 8.41. The van der Waals surface area contributed by atoms with E-state index in [9.17, 15) is 38.0 Å². The molecule has 8 atom stereocenters. The Kier molecular flexibility index (Phi) is 13.2. The summed E-state index contributed by atoms with van der Waals surface area (Å²) in [5, 5.41) is 10.5. The van der Waals surface area contributed by atoms with Gasteiger partial charge in [0.1, 0.15) is 48.2 Å². The monoisotopic (exact) mass is 823 g/mol. The number of benzene rings is 2. The standard InChI is InChI=1S/C41H51ClFN7O8/c1-22-9-7-10-26(17-22)19-30(46-41(57)45-27-13-14-28(42)29(43)20-27)35(51)47-34-25(4)58-40(56)33-18-23(2)21-50(33)37(53)24(3)44-36(52)31-11-5-6-15-48(31)38(54)32-12-8-16-49(32)39(34)55/h7,9-10,13-14,17,20,23-25,30-34H,5-6,8,11-12,15-16,18-19,21H2,1-4H3,(H,44,52)(H,47,51)(H2,45,46,57)/t23-,24+,25+,30+,31+,32+,33+,34+/m1/s1. The van der Waals surface area contributed by atoms with Gasteiger partial charge in [-0.15, -0.1) is 0 Å². The molecule has 58 heavy (non-hydrogen) atoms. The normalized spacial score (nSPS) is 27.5. The fraction of sp³-hybridized carbons (Fsp3) is 0.537. The van der Waals surface area contributed by atoms with Crippen molar-refractivity contribution < 1.29 is 42.7 Å². The number of anilines is 1. The van der Waals surface area contributed by atoms with Crippen molar-refractivity contribution in [2.75, 3.05) is 25.0 Å².